The highest BCUT2D eigenvalue weighted by atomic mass is 32.2. The molecular weight excluding hydrogens is 308 g/mol. The molecule has 3 rings (SSSR count). The standard InChI is InChI=1S/C13H14N4O2S2/c1-9-7-20-8-10(9)6-15-21(18,19)13-12(14)16-11-4-2-3-5-17(11)13/h2-5,7-8,15H,6,14H2,1H3. The number of hydrogen-bond donors (Lipinski definition) is 2. The van der Waals surface area contributed by atoms with Crippen LogP contribution in [0.25, 0.3) is 5.65 Å². The summed E-state index contributed by atoms with van der Waals surface area (Å²) in [6.45, 7) is 2.18. The van der Waals surface area contributed by atoms with Crippen molar-refractivity contribution in [2.24, 2.45) is 0 Å². The van der Waals surface area contributed by atoms with Crippen molar-refractivity contribution >= 4 is 32.8 Å². The molecule has 0 aliphatic rings. The smallest absolute Gasteiger partial charge is 0.260 e. The summed E-state index contributed by atoms with van der Waals surface area (Å²) in [7, 11) is -3.74. The van der Waals surface area contributed by atoms with Gasteiger partial charge < -0.3 is 5.73 Å². The Kier molecular flexibility index (Phi) is 3.44. The lowest BCUT2D eigenvalue weighted by molar-refractivity contribution is 0.577. The highest BCUT2D eigenvalue weighted by Crippen LogP contribution is 2.21. The van der Waals surface area contributed by atoms with Crippen LogP contribution in [0.2, 0.25) is 0 Å². The van der Waals surface area contributed by atoms with E-state index in [1.807, 2.05) is 17.7 Å². The maximum Gasteiger partial charge on any atom is 0.260 e. The second kappa shape index (κ2) is 5.14. The van der Waals surface area contributed by atoms with Gasteiger partial charge in [-0.3, -0.25) is 4.40 Å². The van der Waals surface area contributed by atoms with E-state index >= 15 is 0 Å². The van der Waals surface area contributed by atoms with Gasteiger partial charge in [-0.2, -0.15) is 11.3 Å². The first kappa shape index (κ1) is 14.1. The number of sulfonamides is 1. The molecule has 0 aliphatic heterocycles. The molecule has 6 nitrogen and oxygen atoms in total. The van der Waals surface area contributed by atoms with Gasteiger partial charge in [0.05, 0.1) is 0 Å². The van der Waals surface area contributed by atoms with Crippen LogP contribution >= 0.6 is 11.3 Å². The van der Waals surface area contributed by atoms with Crippen LogP contribution in [0.4, 0.5) is 5.82 Å². The van der Waals surface area contributed by atoms with Gasteiger partial charge in [-0.05, 0) is 40.9 Å². The van der Waals surface area contributed by atoms with Crippen molar-refractivity contribution in [1.29, 1.82) is 0 Å². The fourth-order valence-electron chi connectivity index (χ4n) is 2.07. The number of aromatic nitrogens is 2. The fourth-order valence-corrected chi connectivity index (χ4v) is 4.14. The first-order chi connectivity index (χ1) is 9.99. The Balaban J connectivity index is 1.97. The minimum atomic E-state index is -3.74. The van der Waals surface area contributed by atoms with E-state index in [1.54, 1.807) is 35.7 Å². The molecule has 0 spiro atoms. The number of aryl methyl sites for hydroxylation is 1. The summed E-state index contributed by atoms with van der Waals surface area (Å²) in [5.74, 6) is -0.00394. The van der Waals surface area contributed by atoms with Crippen molar-refractivity contribution in [2.75, 3.05) is 5.73 Å². The number of nitrogens with two attached hydrogens (primary N) is 1. The normalized spacial score (nSPS) is 12.0. The molecule has 110 valence electrons. The van der Waals surface area contributed by atoms with E-state index in [2.05, 4.69) is 9.71 Å². The van der Waals surface area contributed by atoms with E-state index in [0.29, 0.717) is 5.65 Å². The van der Waals surface area contributed by atoms with Gasteiger partial charge in [0.25, 0.3) is 10.0 Å². The van der Waals surface area contributed by atoms with Crippen molar-refractivity contribution < 1.29 is 8.42 Å². The summed E-state index contributed by atoms with van der Waals surface area (Å²) in [4.78, 5) is 4.07. The number of thiophene rings is 1. The summed E-state index contributed by atoms with van der Waals surface area (Å²) in [5.41, 5.74) is 8.29. The number of nitrogens with zero attached hydrogens (tertiary/aromatic N) is 2. The van der Waals surface area contributed by atoms with Gasteiger partial charge in [0.2, 0.25) is 0 Å². The maximum atomic E-state index is 12.5. The molecular formula is C13H14N4O2S2. The zero-order valence-corrected chi connectivity index (χ0v) is 12.9. The first-order valence-electron chi connectivity index (χ1n) is 6.23. The summed E-state index contributed by atoms with van der Waals surface area (Å²) in [5, 5.41) is 3.88. The molecule has 0 aromatic carbocycles. The lowest BCUT2D eigenvalue weighted by Crippen LogP contribution is -2.25. The van der Waals surface area contributed by atoms with Crippen LogP contribution in [0, 0.1) is 6.92 Å². The minimum absolute atomic E-state index is 0.00394. The molecule has 0 unspecified atom stereocenters. The van der Waals surface area contributed by atoms with Crippen molar-refractivity contribution in [1.82, 2.24) is 14.1 Å². The minimum Gasteiger partial charge on any atom is -0.381 e. The van der Waals surface area contributed by atoms with Crippen LogP contribution < -0.4 is 10.5 Å². The number of anilines is 1. The topological polar surface area (TPSA) is 89.5 Å². The molecule has 0 saturated heterocycles. The number of pyridine rings is 1. The average Bonchev–Trinajstić information content (AvgIpc) is 2.99. The maximum absolute atomic E-state index is 12.5. The number of nitrogen functional groups attached to an aromatic ring is 1. The number of imidazole rings is 1. The monoisotopic (exact) mass is 322 g/mol. The number of nitrogens with one attached hydrogen (secondary N) is 1. The quantitative estimate of drug-likeness (QED) is 0.766. The molecule has 0 saturated carbocycles. The molecule has 3 aromatic rings. The zero-order valence-electron chi connectivity index (χ0n) is 11.3. The highest BCUT2D eigenvalue weighted by molar-refractivity contribution is 7.89. The molecule has 3 aromatic heterocycles. The van der Waals surface area contributed by atoms with E-state index in [0.717, 1.165) is 11.1 Å². The molecule has 0 bridgehead atoms. The Bertz CT molecular complexity index is 896. The molecule has 3 N–H and O–H groups in total. The lowest BCUT2D eigenvalue weighted by atomic mass is 10.2. The summed E-state index contributed by atoms with van der Waals surface area (Å²) >= 11 is 1.54. The van der Waals surface area contributed by atoms with Crippen molar-refractivity contribution in [2.45, 2.75) is 18.5 Å². The van der Waals surface area contributed by atoms with Crippen LogP contribution in [0.1, 0.15) is 11.1 Å². The van der Waals surface area contributed by atoms with Gasteiger partial charge in [0.15, 0.2) is 10.8 Å². The van der Waals surface area contributed by atoms with E-state index in [-0.39, 0.29) is 17.4 Å². The molecule has 21 heavy (non-hydrogen) atoms. The third kappa shape index (κ3) is 2.53. The van der Waals surface area contributed by atoms with Crippen molar-refractivity contribution in [3.05, 3.63) is 46.3 Å². The van der Waals surface area contributed by atoms with Crippen molar-refractivity contribution in [3.63, 3.8) is 0 Å². The second-order valence-corrected chi connectivity index (χ2v) is 7.06. The predicted octanol–water partition coefficient (Wildman–Crippen LogP) is 1.76. The predicted molar refractivity (Wildman–Crippen MR) is 82.7 cm³/mol. The third-order valence-corrected chi connectivity index (χ3v) is 5.53. The van der Waals surface area contributed by atoms with Crippen LogP contribution in [-0.2, 0) is 16.6 Å². The SMILES string of the molecule is Cc1cscc1CNS(=O)(=O)c1c(N)nc2ccccn12. The number of fused-ring (bicyclic) bond motifs is 1. The van der Waals surface area contributed by atoms with E-state index in [9.17, 15) is 8.42 Å². The van der Waals surface area contributed by atoms with Crippen LogP contribution in [-0.4, -0.2) is 17.8 Å². The van der Waals surface area contributed by atoms with Crippen LogP contribution in [0.3, 0.4) is 0 Å². The second-order valence-electron chi connectivity index (χ2n) is 4.64. The Morgan fingerprint density at radius 1 is 1.38 bits per heavy atom. The molecule has 8 heteroatoms. The van der Waals surface area contributed by atoms with Gasteiger partial charge in [0, 0.05) is 12.7 Å². The number of hydrogen-bond acceptors (Lipinski definition) is 5. The van der Waals surface area contributed by atoms with Gasteiger partial charge in [0.1, 0.15) is 5.65 Å². The van der Waals surface area contributed by atoms with Gasteiger partial charge in [-0.25, -0.2) is 18.1 Å². The Morgan fingerprint density at radius 3 is 2.90 bits per heavy atom. The highest BCUT2D eigenvalue weighted by Gasteiger charge is 2.23. The molecule has 0 atom stereocenters. The van der Waals surface area contributed by atoms with Crippen molar-refractivity contribution in [3.8, 4) is 0 Å². The molecule has 0 radical (unpaired) electrons. The Hall–Kier alpha value is -1.90. The van der Waals surface area contributed by atoms with E-state index in [1.165, 1.54) is 4.40 Å². The molecule has 0 amide bonds. The fraction of sp³-hybridized carbons (Fsp3) is 0.154. The first-order valence-corrected chi connectivity index (χ1v) is 8.65. The van der Waals surface area contributed by atoms with E-state index < -0.39 is 10.0 Å². The summed E-state index contributed by atoms with van der Waals surface area (Å²) in [6.07, 6.45) is 1.63. The lowest BCUT2D eigenvalue weighted by Gasteiger charge is -2.07. The molecule has 0 fully saturated rings. The summed E-state index contributed by atoms with van der Waals surface area (Å²) < 4.78 is 29.0. The van der Waals surface area contributed by atoms with E-state index in [4.69, 9.17) is 5.73 Å². The summed E-state index contributed by atoms with van der Waals surface area (Å²) in [6, 6.07) is 5.22. The average molecular weight is 322 g/mol. The molecule has 3 heterocycles. The van der Waals surface area contributed by atoms with Crippen LogP contribution in [0.15, 0.2) is 40.2 Å². The van der Waals surface area contributed by atoms with Gasteiger partial charge in [-0.1, -0.05) is 6.07 Å². The van der Waals surface area contributed by atoms with Gasteiger partial charge in [-0.15, -0.1) is 0 Å². The largest absolute Gasteiger partial charge is 0.381 e. The Morgan fingerprint density at radius 2 is 2.19 bits per heavy atom. The number of rotatable bonds is 4. The van der Waals surface area contributed by atoms with Crippen LogP contribution in [0.5, 0.6) is 0 Å². The molecule has 0 aliphatic carbocycles. The Labute approximate surface area is 126 Å². The zero-order chi connectivity index (χ0) is 15.0. The third-order valence-electron chi connectivity index (χ3n) is 3.18. The van der Waals surface area contributed by atoms with Gasteiger partial charge >= 0.3 is 0 Å².